The van der Waals surface area contributed by atoms with Gasteiger partial charge in [0, 0.05) is 20.3 Å². The highest BCUT2D eigenvalue weighted by Gasteiger charge is 2.42. The van der Waals surface area contributed by atoms with E-state index in [1.165, 1.54) is 6.08 Å². The molecule has 32 heavy (non-hydrogen) atoms. The maximum absolute atomic E-state index is 13.2. The molecule has 5 heteroatoms. The van der Waals surface area contributed by atoms with E-state index in [2.05, 4.69) is 20.8 Å². The Balaban J connectivity index is 1.97. The Hall–Kier alpha value is -3.18. The van der Waals surface area contributed by atoms with Crippen LogP contribution in [0.25, 0.3) is 6.08 Å². The lowest BCUT2D eigenvalue weighted by Gasteiger charge is -2.27. The summed E-state index contributed by atoms with van der Waals surface area (Å²) in [5.41, 5.74) is 2.92. The third-order valence-electron chi connectivity index (χ3n) is 5.64. The fraction of sp³-hybridized carbons (Fsp3) is 0.333. The Morgan fingerprint density at radius 3 is 2.34 bits per heavy atom. The largest absolute Gasteiger partial charge is 0.503 e. The van der Waals surface area contributed by atoms with Crippen molar-refractivity contribution in [2.24, 2.45) is 0 Å². The molecule has 0 saturated heterocycles. The maximum Gasteiger partial charge on any atom is 0.290 e. The number of benzene rings is 2. The van der Waals surface area contributed by atoms with E-state index in [-0.39, 0.29) is 16.8 Å². The summed E-state index contributed by atoms with van der Waals surface area (Å²) in [5, 5.41) is 10.7. The summed E-state index contributed by atoms with van der Waals surface area (Å²) < 4.78 is 5.13. The number of carbonyl (C=O) groups is 2. The summed E-state index contributed by atoms with van der Waals surface area (Å²) >= 11 is 0. The highest BCUT2D eigenvalue weighted by atomic mass is 16.5. The second-order valence-corrected chi connectivity index (χ2v) is 8.99. The molecule has 0 aliphatic carbocycles. The van der Waals surface area contributed by atoms with Gasteiger partial charge in [-0.15, -0.1) is 0 Å². The number of rotatable bonds is 8. The van der Waals surface area contributed by atoms with Crippen molar-refractivity contribution in [3.63, 3.8) is 0 Å². The van der Waals surface area contributed by atoms with E-state index < -0.39 is 17.7 Å². The summed E-state index contributed by atoms with van der Waals surface area (Å²) in [4.78, 5) is 27.6. The third kappa shape index (κ3) is 5.17. The van der Waals surface area contributed by atoms with Gasteiger partial charge in [-0.2, -0.15) is 0 Å². The Kier molecular flexibility index (Phi) is 7.31. The summed E-state index contributed by atoms with van der Waals surface area (Å²) in [6, 6.07) is 16.7. The summed E-state index contributed by atoms with van der Waals surface area (Å²) in [5.74, 6) is -1.38. The van der Waals surface area contributed by atoms with Gasteiger partial charge >= 0.3 is 0 Å². The monoisotopic (exact) mass is 433 g/mol. The molecule has 0 aromatic heterocycles. The van der Waals surface area contributed by atoms with E-state index in [1.807, 2.05) is 54.6 Å². The van der Waals surface area contributed by atoms with Crippen LogP contribution in [0.3, 0.4) is 0 Å². The summed E-state index contributed by atoms with van der Waals surface area (Å²) in [7, 11) is 1.60. The number of aliphatic hydroxyl groups excluding tert-OH is 1. The maximum atomic E-state index is 13.2. The second-order valence-electron chi connectivity index (χ2n) is 8.99. The Bertz CT molecular complexity index is 1010. The number of aliphatic hydroxyl groups is 1. The number of carbonyl (C=O) groups excluding carboxylic acids is 2. The molecule has 5 nitrogen and oxygen atoms in total. The van der Waals surface area contributed by atoms with Gasteiger partial charge in [0.25, 0.3) is 5.91 Å². The van der Waals surface area contributed by atoms with Crippen molar-refractivity contribution in [1.82, 2.24) is 4.90 Å². The normalized spacial score (nSPS) is 16.9. The first-order valence-corrected chi connectivity index (χ1v) is 10.8. The van der Waals surface area contributed by atoms with Gasteiger partial charge in [0.15, 0.2) is 11.5 Å². The number of ketones is 1. The van der Waals surface area contributed by atoms with Crippen molar-refractivity contribution < 1.29 is 19.4 Å². The third-order valence-corrected chi connectivity index (χ3v) is 5.64. The molecule has 1 atom stereocenters. The van der Waals surface area contributed by atoms with Crippen LogP contribution in [0.2, 0.25) is 0 Å². The molecule has 1 aliphatic rings. The average Bonchev–Trinajstić information content (AvgIpc) is 3.03. The SMILES string of the molecule is COCCCN1C(=O)C(O)=C(C(=O)C=Cc2ccccc2)C1c1ccc(C(C)(C)C)cc1. The zero-order chi connectivity index (χ0) is 23.3. The molecule has 0 fully saturated rings. The number of ether oxygens (including phenoxy) is 1. The highest BCUT2D eigenvalue weighted by Crippen LogP contribution is 2.38. The predicted octanol–water partition coefficient (Wildman–Crippen LogP) is 5.00. The standard InChI is InChI=1S/C27H31NO4/c1-27(2,3)21-14-12-20(13-15-21)24-23(22(29)16-11-19-9-6-5-7-10-19)25(30)26(31)28(24)17-8-18-32-4/h5-7,9-16,24,30H,8,17-18H2,1-4H3. The van der Waals surface area contributed by atoms with Crippen LogP contribution in [0.15, 0.2) is 72.0 Å². The molecule has 2 aromatic carbocycles. The number of nitrogens with zero attached hydrogens (tertiary/aromatic N) is 1. The van der Waals surface area contributed by atoms with Crippen LogP contribution in [0.4, 0.5) is 0 Å². The Labute approximate surface area is 190 Å². The number of hydrogen-bond acceptors (Lipinski definition) is 4. The zero-order valence-corrected chi connectivity index (χ0v) is 19.2. The van der Waals surface area contributed by atoms with E-state index >= 15 is 0 Å². The van der Waals surface area contributed by atoms with E-state index in [1.54, 1.807) is 18.1 Å². The van der Waals surface area contributed by atoms with Crippen LogP contribution >= 0.6 is 0 Å². The predicted molar refractivity (Wildman–Crippen MR) is 126 cm³/mol. The van der Waals surface area contributed by atoms with Crippen molar-refractivity contribution in [3.05, 3.63) is 88.7 Å². The molecule has 1 heterocycles. The quantitative estimate of drug-likeness (QED) is 0.470. The lowest BCUT2D eigenvalue weighted by molar-refractivity contribution is -0.129. The zero-order valence-electron chi connectivity index (χ0n) is 19.2. The minimum absolute atomic E-state index is 0.0166. The van der Waals surface area contributed by atoms with Crippen LogP contribution in [-0.2, 0) is 19.7 Å². The number of allylic oxidation sites excluding steroid dienone is 1. The average molecular weight is 434 g/mol. The van der Waals surface area contributed by atoms with Gasteiger partial charge in [-0.1, -0.05) is 81.4 Å². The highest BCUT2D eigenvalue weighted by molar-refractivity contribution is 6.14. The molecule has 1 unspecified atom stereocenters. The van der Waals surface area contributed by atoms with E-state index in [9.17, 15) is 14.7 Å². The number of amides is 1. The van der Waals surface area contributed by atoms with Gasteiger partial charge in [-0.25, -0.2) is 0 Å². The van der Waals surface area contributed by atoms with E-state index in [0.29, 0.717) is 19.6 Å². The molecular formula is C27H31NO4. The topological polar surface area (TPSA) is 66.8 Å². The van der Waals surface area contributed by atoms with Gasteiger partial charge in [0.1, 0.15) is 0 Å². The molecule has 1 amide bonds. The molecule has 0 saturated carbocycles. The smallest absolute Gasteiger partial charge is 0.290 e. The first-order valence-electron chi connectivity index (χ1n) is 10.8. The van der Waals surface area contributed by atoms with Gasteiger partial charge in [0.2, 0.25) is 0 Å². The number of methoxy groups -OCH3 is 1. The molecule has 168 valence electrons. The van der Waals surface area contributed by atoms with Gasteiger partial charge in [-0.05, 0) is 34.6 Å². The van der Waals surface area contributed by atoms with Gasteiger partial charge < -0.3 is 14.7 Å². The van der Waals surface area contributed by atoms with Gasteiger partial charge in [0.05, 0.1) is 11.6 Å². The van der Waals surface area contributed by atoms with Gasteiger partial charge in [-0.3, -0.25) is 9.59 Å². The van der Waals surface area contributed by atoms with Crippen molar-refractivity contribution in [2.75, 3.05) is 20.3 Å². The minimum Gasteiger partial charge on any atom is -0.503 e. The molecule has 3 rings (SSSR count). The van der Waals surface area contributed by atoms with Crippen molar-refractivity contribution >= 4 is 17.8 Å². The van der Waals surface area contributed by atoms with Crippen LogP contribution in [0, 0.1) is 0 Å². The fourth-order valence-corrected chi connectivity index (χ4v) is 3.85. The van der Waals surface area contributed by atoms with Crippen LogP contribution in [0.1, 0.15) is 49.9 Å². The Morgan fingerprint density at radius 2 is 1.75 bits per heavy atom. The molecule has 2 aromatic rings. The van der Waals surface area contributed by atoms with Crippen molar-refractivity contribution in [3.8, 4) is 0 Å². The summed E-state index contributed by atoms with van der Waals surface area (Å²) in [6.45, 7) is 7.26. The van der Waals surface area contributed by atoms with Crippen molar-refractivity contribution in [2.45, 2.75) is 38.6 Å². The number of hydrogen-bond donors (Lipinski definition) is 1. The molecule has 0 radical (unpaired) electrons. The van der Waals surface area contributed by atoms with Crippen LogP contribution in [0.5, 0.6) is 0 Å². The lowest BCUT2D eigenvalue weighted by atomic mass is 9.85. The lowest BCUT2D eigenvalue weighted by Crippen LogP contribution is -2.32. The molecule has 1 N–H and O–H groups in total. The summed E-state index contributed by atoms with van der Waals surface area (Å²) in [6.07, 6.45) is 3.72. The van der Waals surface area contributed by atoms with E-state index in [0.717, 1.165) is 16.7 Å². The molecular weight excluding hydrogens is 402 g/mol. The van der Waals surface area contributed by atoms with Crippen molar-refractivity contribution in [1.29, 1.82) is 0 Å². The first kappa shape index (κ1) is 23.5. The second kappa shape index (κ2) is 9.96. The molecule has 0 spiro atoms. The van der Waals surface area contributed by atoms with E-state index in [4.69, 9.17) is 4.74 Å². The van der Waals surface area contributed by atoms with Crippen LogP contribution < -0.4 is 0 Å². The minimum atomic E-state index is -0.638. The molecule has 0 bridgehead atoms. The Morgan fingerprint density at radius 1 is 1.09 bits per heavy atom. The fourth-order valence-electron chi connectivity index (χ4n) is 3.85. The first-order chi connectivity index (χ1) is 15.2. The van der Waals surface area contributed by atoms with Crippen LogP contribution in [-0.4, -0.2) is 42.0 Å². The molecule has 1 aliphatic heterocycles.